The van der Waals surface area contributed by atoms with Crippen molar-refractivity contribution in [1.82, 2.24) is 9.80 Å². The Morgan fingerprint density at radius 3 is 2.24 bits per heavy atom. The first-order valence-corrected chi connectivity index (χ1v) is 12.0. The highest BCUT2D eigenvalue weighted by Crippen LogP contribution is 2.41. The van der Waals surface area contributed by atoms with E-state index in [9.17, 15) is 31.1 Å². The van der Waals surface area contributed by atoms with Gasteiger partial charge >= 0.3 is 18.4 Å². The molecule has 2 aliphatic heterocycles. The Kier molecular flexibility index (Phi) is 8.81. The number of carbonyl (C=O) groups excluding carboxylic acids is 1. The Bertz CT molecular complexity index is 999. The molecule has 0 N–H and O–H groups in total. The predicted molar refractivity (Wildman–Crippen MR) is 125 cm³/mol. The highest BCUT2D eigenvalue weighted by molar-refractivity contribution is 5.99. The minimum atomic E-state index is -5.00. The summed E-state index contributed by atoms with van der Waals surface area (Å²) < 4.78 is 91.1. The van der Waals surface area contributed by atoms with Gasteiger partial charge in [0, 0.05) is 25.8 Å². The fourth-order valence-electron chi connectivity index (χ4n) is 4.78. The second-order valence-electron chi connectivity index (χ2n) is 9.03. The van der Waals surface area contributed by atoms with E-state index in [1.807, 2.05) is 6.92 Å². The quantitative estimate of drug-likeness (QED) is 0.252. The zero-order valence-corrected chi connectivity index (χ0v) is 21.1. The average Bonchev–Trinajstić information content (AvgIpc) is 3.13. The van der Waals surface area contributed by atoms with Crippen LogP contribution in [0.25, 0.3) is 0 Å². The van der Waals surface area contributed by atoms with Crippen LogP contribution < -0.4 is 0 Å². The second kappa shape index (κ2) is 11.3. The number of rotatable bonds is 6. The van der Waals surface area contributed by atoms with Crippen molar-refractivity contribution in [2.24, 2.45) is 4.99 Å². The zero-order chi connectivity index (χ0) is 27.5. The van der Waals surface area contributed by atoms with Crippen molar-refractivity contribution in [3.63, 3.8) is 0 Å². The summed E-state index contributed by atoms with van der Waals surface area (Å²) in [6, 6.07) is 0.515. The van der Waals surface area contributed by atoms with Crippen molar-refractivity contribution < 1.29 is 40.6 Å². The lowest BCUT2D eigenvalue weighted by molar-refractivity contribution is -0.143. The monoisotopic (exact) mass is 535 g/mol. The van der Waals surface area contributed by atoms with Gasteiger partial charge in [-0.3, -0.25) is 9.89 Å². The van der Waals surface area contributed by atoms with Crippen LogP contribution in [0.1, 0.15) is 56.4 Å². The number of cyclic esters (lactones) is 1. The lowest BCUT2D eigenvalue weighted by Gasteiger charge is -2.37. The van der Waals surface area contributed by atoms with Gasteiger partial charge in [-0.2, -0.15) is 26.3 Å². The molecule has 0 bridgehead atoms. The molecule has 0 aliphatic carbocycles. The summed E-state index contributed by atoms with van der Waals surface area (Å²) in [5, 5.41) is 0. The molecule has 3 rings (SSSR count). The maximum atomic E-state index is 13.4. The van der Waals surface area contributed by atoms with Crippen LogP contribution in [0, 0.1) is 0 Å². The highest BCUT2D eigenvalue weighted by Gasteiger charge is 2.43. The normalized spacial score (nSPS) is 23.9. The SMILES string of the molecule is CC=C(CN1C(=O)OC(c2cc(C(F)(F)F)cc(C(F)(F)F)c2)C1C)C(=NC)N(CC)C1CCCOC1. The molecule has 3 unspecified atom stereocenters. The van der Waals surface area contributed by atoms with Gasteiger partial charge in [-0.1, -0.05) is 6.08 Å². The average molecular weight is 536 g/mol. The smallest absolute Gasteiger partial charge is 0.416 e. The van der Waals surface area contributed by atoms with Crippen LogP contribution in [0.15, 0.2) is 34.8 Å². The Hall–Kier alpha value is -2.76. The molecule has 0 radical (unpaired) electrons. The number of nitrogens with zero attached hydrogens (tertiary/aromatic N) is 3. The molecule has 12 heteroatoms. The summed E-state index contributed by atoms with van der Waals surface area (Å²) in [4.78, 5) is 20.6. The van der Waals surface area contributed by atoms with Gasteiger partial charge in [0.05, 0.1) is 36.4 Å². The first-order chi connectivity index (χ1) is 17.3. The number of aliphatic imine (C=N–C) groups is 1. The van der Waals surface area contributed by atoms with Gasteiger partial charge in [0.2, 0.25) is 0 Å². The molecule has 6 nitrogen and oxygen atoms in total. The summed E-state index contributed by atoms with van der Waals surface area (Å²) in [7, 11) is 1.63. The van der Waals surface area contributed by atoms with E-state index in [1.54, 1.807) is 20.0 Å². The van der Waals surface area contributed by atoms with E-state index >= 15 is 0 Å². The van der Waals surface area contributed by atoms with E-state index in [0.29, 0.717) is 43.3 Å². The summed E-state index contributed by atoms with van der Waals surface area (Å²) in [5.74, 6) is 0.641. The fourth-order valence-corrected chi connectivity index (χ4v) is 4.78. The molecule has 0 aromatic heterocycles. The van der Waals surface area contributed by atoms with E-state index in [-0.39, 0.29) is 24.2 Å². The van der Waals surface area contributed by atoms with Gasteiger partial charge in [0.1, 0.15) is 11.9 Å². The molecular formula is C25H31F6N3O3. The van der Waals surface area contributed by atoms with Crippen molar-refractivity contribution in [3.05, 3.63) is 46.5 Å². The van der Waals surface area contributed by atoms with Crippen LogP contribution in [-0.4, -0.2) is 67.2 Å². The second-order valence-corrected chi connectivity index (χ2v) is 9.03. The predicted octanol–water partition coefficient (Wildman–Crippen LogP) is 6.08. The lowest BCUT2D eigenvalue weighted by Crippen LogP contribution is -2.47. The van der Waals surface area contributed by atoms with Gasteiger partial charge in [-0.15, -0.1) is 0 Å². The van der Waals surface area contributed by atoms with Gasteiger partial charge in [-0.25, -0.2) is 4.79 Å². The van der Waals surface area contributed by atoms with Crippen LogP contribution in [0.3, 0.4) is 0 Å². The number of benzene rings is 1. The summed E-state index contributed by atoms with van der Waals surface area (Å²) in [6.07, 6.45) is -8.55. The number of halogens is 6. The molecule has 2 saturated heterocycles. The number of hydrogen-bond acceptors (Lipinski definition) is 4. The van der Waals surface area contributed by atoms with Crippen LogP contribution in [0.2, 0.25) is 0 Å². The number of allylic oxidation sites excluding steroid dienone is 1. The minimum Gasteiger partial charge on any atom is -0.439 e. The highest BCUT2D eigenvalue weighted by atomic mass is 19.4. The number of carbonyl (C=O) groups is 1. The van der Waals surface area contributed by atoms with E-state index in [2.05, 4.69) is 9.89 Å². The molecule has 206 valence electrons. The van der Waals surface area contributed by atoms with E-state index in [0.717, 1.165) is 12.8 Å². The number of amidine groups is 1. The minimum absolute atomic E-state index is 0.0227. The van der Waals surface area contributed by atoms with Crippen LogP contribution in [0.5, 0.6) is 0 Å². The van der Waals surface area contributed by atoms with Gasteiger partial charge in [0.15, 0.2) is 0 Å². The van der Waals surface area contributed by atoms with Crippen molar-refractivity contribution in [2.75, 3.05) is 33.4 Å². The van der Waals surface area contributed by atoms with Crippen molar-refractivity contribution in [3.8, 4) is 0 Å². The van der Waals surface area contributed by atoms with E-state index in [1.165, 1.54) is 11.8 Å². The third-order valence-corrected chi connectivity index (χ3v) is 6.71. The maximum absolute atomic E-state index is 13.4. The summed E-state index contributed by atoms with van der Waals surface area (Å²) in [5.41, 5.74) is -2.60. The molecule has 3 atom stereocenters. The van der Waals surface area contributed by atoms with Gasteiger partial charge in [0.25, 0.3) is 0 Å². The summed E-state index contributed by atoms with van der Waals surface area (Å²) >= 11 is 0. The van der Waals surface area contributed by atoms with E-state index in [4.69, 9.17) is 9.47 Å². The van der Waals surface area contributed by atoms with Crippen LogP contribution >= 0.6 is 0 Å². The number of likely N-dealkylation sites (N-methyl/N-ethyl adjacent to an activating group) is 1. The van der Waals surface area contributed by atoms with Gasteiger partial charge < -0.3 is 14.4 Å². The number of ether oxygens (including phenoxy) is 2. The molecule has 2 heterocycles. The number of hydrogen-bond donors (Lipinski definition) is 0. The van der Waals surface area contributed by atoms with Gasteiger partial charge in [-0.05, 0) is 57.4 Å². The standard InChI is InChI=1S/C25H31F6N3O3/c1-5-16(22(32-4)33(6-2)20-8-7-9-36-14-20)13-34-15(3)21(37-23(34)35)17-10-18(24(26,27)28)12-19(11-17)25(29,30)31/h5,10-12,15,20-21H,6-9,13-14H2,1-4H3. The molecule has 1 aromatic carbocycles. The Balaban J connectivity index is 1.89. The fraction of sp³-hybridized carbons (Fsp3) is 0.600. The third-order valence-electron chi connectivity index (χ3n) is 6.71. The topological polar surface area (TPSA) is 54.4 Å². The molecule has 0 saturated carbocycles. The summed E-state index contributed by atoms with van der Waals surface area (Å²) in [6.45, 7) is 7.16. The molecule has 2 fully saturated rings. The van der Waals surface area contributed by atoms with Crippen LogP contribution in [-0.2, 0) is 21.8 Å². The lowest BCUT2D eigenvalue weighted by atomic mass is 9.97. The third kappa shape index (κ3) is 6.39. The Labute approximate surface area is 211 Å². The Morgan fingerprint density at radius 1 is 1.16 bits per heavy atom. The maximum Gasteiger partial charge on any atom is 0.416 e. The Morgan fingerprint density at radius 2 is 1.78 bits per heavy atom. The zero-order valence-electron chi connectivity index (χ0n) is 21.1. The number of alkyl halides is 6. The van der Waals surface area contributed by atoms with E-state index < -0.39 is 41.7 Å². The molecule has 2 aliphatic rings. The first-order valence-electron chi connectivity index (χ1n) is 12.0. The first kappa shape index (κ1) is 28.8. The molecule has 0 spiro atoms. The molecule has 1 aromatic rings. The van der Waals surface area contributed by atoms with Crippen molar-refractivity contribution in [2.45, 2.75) is 64.2 Å². The molecule has 1 amide bonds. The largest absolute Gasteiger partial charge is 0.439 e. The van der Waals surface area contributed by atoms with Crippen LogP contribution in [0.4, 0.5) is 31.1 Å². The molecular weight excluding hydrogens is 504 g/mol. The van der Waals surface area contributed by atoms with Crippen molar-refractivity contribution in [1.29, 1.82) is 0 Å². The van der Waals surface area contributed by atoms with Crippen molar-refractivity contribution >= 4 is 11.9 Å². The molecule has 37 heavy (non-hydrogen) atoms. The number of amides is 1.